The molecule has 0 aliphatic carbocycles. The molecule has 1 heterocycles. The predicted octanol–water partition coefficient (Wildman–Crippen LogP) is 0.876. The lowest BCUT2D eigenvalue weighted by Crippen LogP contribution is -2.14. The Kier molecular flexibility index (Phi) is 2.50. The molecule has 0 bridgehead atoms. The molecular weight excluding hydrogens is 178 g/mol. The van der Waals surface area contributed by atoms with E-state index >= 15 is 0 Å². The molecule has 0 spiro atoms. The summed E-state index contributed by atoms with van der Waals surface area (Å²) in [6.07, 6.45) is 2.82. The van der Waals surface area contributed by atoms with E-state index in [1.807, 2.05) is 0 Å². The van der Waals surface area contributed by atoms with Crippen LogP contribution in [-0.4, -0.2) is 17.9 Å². The highest BCUT2D eigenvalue weighted by atomic mass is 35.5. The van der Waals surface area contributed by atoms with Crippen LogP contribution in [0.25, 0.3) is 0 Å². The Balaban J connectivity index is 3.27. The summed E-state index contributed by atoms with van der Waals surface area (Å²) in [7, 11) is 1.66. The number of carbonyl (C=O) groups is 1. The van der Waals surface area contributed by atoms with Gasteiger partial charge in [0.25, 0.3) is 5.91 Å². The molecule has 1 aromatic rings. The molecule has 5 heteroatoms. The lowest BCUT2D eigenvalue weighted by molar-refractivity contribution is 0.100. The second-order valence-corrected chi connectivity index (χ2v) is 2.57. The van der Waals surface area contributed by atoms with Gasteiger partial charge in [0, 0.05) is 19.4 Å². The normalized spacial score (nSPS) is 9.50. The van der Waals surface area contributed by atoms with Crippen molar-refractivity contribution in [3.05, 3.63) is 23.0 Å². The standard InChI is InChI=1S/C7H8ClN3O/c1-10-6-4(7(9)12)2-11-3-5(6)8/h2-3H,1H3,(H2,9,12)(H,10,11). The number of primary amides is 1. The SMILES string of the molecule is CNc1c(Cl)cncc1C(N)=O. The third kappa shape index (κ3) is 1.48. The van der Waals surface area contributed by atoms with Gasteiger partial charge in [0.2, 0.25) is 0 Å². The second kappa shape index (κ2) is 3.40. The molecule has 0 saturated carbocycles. The predicted molar refractivity (Wildman–Crippen MR) is 47.3 cm³/mol. The lowest BCUT2D eigenvalue weighted by Gasteiger charge is -2.06. The van der Waals surface area contributed by atoms with Crippen LogP contribution < -0.4 is 11.1 Å². The molecule has 0 aliphatic rings. The molecule has 12 heavy (non-hydrogen) atoms. The van der Waals surface area contributed by atoms with E-state index in [2.05, 4.69) is 10.3 Å². The van der Waals surface area contributed by atoms with Crippen LogP contribution in [0.4, 0.5) is 5.69 Å². The van der Waals surface area contributed by atoms with Crippen LogP contribution in [0.2, 0.25) is 5.02 Å². The average molecular weight is 186 g/mol. The minimum Gasteiger partial charge on any atom is -0.386 e. The zero-order chi connectivity index (χ0) is 9.14. The van der Waals surface area contributed by atoms with E-state index in [0.29, 0.717) is 16.3 Å². The van der Waals surface area contributed by atoms with E-state index < -0.39 is 5.91 Å². The summed E-state index contributed by atoms with van der Waals surface area (Å²) in [6, 6.07) is 0. The van der Waals surface area contributed by atoms with E-state index in [1.54, 1.807) is 7.05 Å². The summed E-state index contributed by atoms with van der Waals surface area (Å²) in [5.74, 6) is -0.547. The third-order valence-corrected chi connectivity index (χ3v) is 1.70. The van der Waals surface area contributed by atoms with E-state index in [9.17, 15) is 4.79 Å². The molecule has 0 atom stereocenters. The highest BCUT2D eigenvalue weighted by Crippen LogP contribution is 2.23. The van der Waals surface area contributed by atoms with E-state index in [-0.39, 0.29) is 0 Å². The Bertz CT molecular complexity index is 314. The summed E-state index contributed by atoms with van der Waals surface area (Å²) < 4.78 is 0. The van der Waals surface area contributed by atoms with Crippen LogP contribution >= 0.6 is 11.6 Å². The molecule has 0 aromatic carbocycles. The number of nitrogens with one attached hydrogen (secondary N) is 1. The van der Waals surface area contributed by atoms with Gasteiger partial charge in [-0.05, 0) is 0 Å². The molecule has 3 N–H and O–H groups in total. The van der Waals surface area contributed by atoms with Crippen LogP contribution in [-0.2, 0) is 0 Å². The number of hydrogen-bond donors (Lipinski definition) is 2. The second-order valence-electron chi connectivity index (χ2n) is 2.16. The highest BCUT2D eigenvalue weighted by Gasteiger charge is 2.09. The van der Waals surface area contributed by atoms with Crippen LogP contribution in [0.1, 0.15) is 10.4 Å². The number of aromatic nitrogens is 1. The van der Waals surface area contributed by atoms with Gasteiger partial charge in [-0.3, -0.25) is 9.78 Å². The summed E-state index contributed by atoms with van der Waals surface area (Å²) in [4.78, 5) is 14.6. The number of nitrogens with two attached hydrogens (primary N) is 1. The van der Waals surface area contributed by atoms with Gasteiger partial charge in [0.05, 0.1) is 16.3 Å². The first kappa shape index (κ1) is 8.80. The molecule has 0 fully saturated rings. The zero-order valence-electron chi connectivity index (χ0n) is 6.47. The minimum atomic E-state index is -0.547. The molecule has 1 rings (SSSR count). The number of nitrogens with zero attached hydrogens (tertiary/aromatic N) is 1. The van der Waals surface area contributed by atoms with Gasteiger partial charge in [-0.25, -0.2) is 0 Å². The van der Waals surface area contributed by atoms with Crippen molar-refractivity contribution in [3.63, 3.8) is 0 Å². The van der Waals surface area contributed by atoms with Crippen LogP contribution in [0.3, 0.4) is 0 Å². The minimum absolute atomic E-state index is 0.296. The fourth-order valence-electron chi connectivity index (χ4n) is 0.876. The number of amides is 1. The molecule has 0 unspecified atom stereocenters. The third-order valence-electron chi connectivity index (χ3n) is 1.42. The molecule has 0 radical (unpaired) electrons. The van der Waals surface area contributed by atoms with Crippen molar-refractivity contribution in [2.24, 2.45) is 5.73 Å². The van der Waals surface area contributed by atoms with Gasteiger partial charge >= 0.3 is 0 Å². The Morgan fingerprint density at radius 3 is 2.75 bits per heavy atom. The molecule has 1 aromatic heterocycles. The molecule has 4 nitrogen and oxygen atoms in total. The number of pyridine rings is 1. The van der Waals surface area contributed by atoms with Crippen molar-refractivity contribution < 1.29 is 4.79 Å². The topological polar surface area (TPSA) is 68.0 Å². The fraction of sp³-hybridized carbons (Fsp3) is 0.143. The number of hydrogen-bond acceptors (Lipinski definition) is 3. The smallest absolute Gasteiger partial charge is 0.252 e. The average Bonchev–Trinajstić information content (AvgIpc) is 2.03. The van der Waals surface area contributed by atoms with Gasteiger partial charge < -0.3 is 11.1 Å². The summed E-state index contributed by atoms with van der Waals surface area (Å²) >= 11 is 5.74. The number of halogens is 1. The van der Waals surface area contributed by atoms with Gasteiger partial charge in [-0.2, -0.15) is 0 Å². The van der Waals surface area contributed by atoms with Crippen molar-refractivity contribution >= 4 is 23.2 Å². The Hall–Kier alpha value is -1.29. The number of anilines is 1. The maximum Gasteiger partial charge on any atom is 0.252 e. The summed E-state index contributed by atoms with van der Waals surface area (Å²) in [5, 5.41) is 3.16. The van der Waals surface area contributed by atoms with Crippen LogP contribution in [0.15, 0.2) is 12.4 Å². The van der Waals surface area contributed by atoms with Gasteiger partial charge in [0.1, 0.15) is 0 Å². The quantitative estimate of drug-likeness (QED) is 0.719. The summed E-state index contributed by atoms with van der Waals surface area (Å²) in [6.45, 7) is 0. The maximum atomic E-state index is 10.8. The maximum absolute atomic E-state index is 10.8. The van der Waals surface area contributed by atoms with Crippen LogP contribution in [0, 0.1) is 0 Å². The van der Waals surface area contributed by atoms with Crippen LogP contribution in [0.5, 0.6) is 0 Å². The fourth-order valence-corrected chi connectivity index (χ4v) is 1.13. The molecule has 0 aliphatic heterocycles. The number of carbonyl (C=O) groups excluding carboxylic acids is 1. The molecular formula is C7H8ClN3O. The Labute approximate surface area is 74.7 Å². The monoisotopic (exact) mass is 185 g/mol. The molecule has 0 saturated heterocycles. The van der Waals surface area contributed by atoms with E-state index in [0.717, 1.165) is 0 Å². The Morgan fingerprint density at radius 1 is 1.67 bits per heavy atom. The molecule has 64 valence electrons. The van der Waals surface area contributed by atoms with E-state index in [4.69, 9.17) is 17.3 Å². The lowest BCUT2D eigenvalue weighted by atomic mass is 10.2. The van der Waals surface area contributed by atoms with Gasteiger partial charge in [-0.1, -0.05) is 11.6 Å². The molecule has 1 amide bonds. The van der Waals surface area contributed by atoms with Crippen molar-refractivity contribution in [1.82, 2.24) is 4.98 Å². The van der Waals surface area contributed by atoms with E-state index in [1.165, 1.54) is 12.4 Å². The zero-order valence-corrected chi connectivity index (χ0v) is 7.22. The van der Waals surface area contributed by atoms with Crippen molar-refractivity contribution in [2.45, 2.75) is 0 Å². The first-order valence-electron chi connectivity index (χ1n) is 3.28. The highest BCUT2D eigenvalue weighted by molar-refractivity contribution is 6.33. The van der Waals surface area contributed by atoms with Crippen molar-refractivity contribution in [2.75, 3.05) is 12.4 Å². The van der Waals surface area contributed by atoms with Gasteiger partial charge in [-0.15, -0.1) is 0 Å². The largest absolute Gasteiger partial charge is 0.386 e. The number of rotatable bonds is 2. The first-order chi connectivity index (χ1) is 5.66. The van der Waals surface area contributed by atoms with Crippen molar-refractivity contribution in [1.29, 1.82) is 0 Å². The van der Waals surface area contributed by atoms with Crippen molar-refractivity contribution in [3.8, 4) is 0 Å². The Morgan fingerprint density at radius 2 is 2.33 bits per heavy atom. The first-order valence-corrected chi connectivity index (χ1v) is 3.65. The summed E-state index contributed by atoms with van der Waals surface area (Å²) in [5.41, 5.74) is 5.89. The van der Waals surface area contributed by atoms with Gasteiger partial charge in [0.15, 0.2) is 0 Å².